The minimum absolute atomic E-state index is 0.793. The Morgan fingerprint density at radius 2 is 1.71 bits per heavy atom. The first-order valence-electron chi connectivity index (χ1n) is 6.39. The Labute approximate surface area is 137 Å². The van der Waals surface area contributed by atoms with Crippen molar-refractivity contribution in [2.75, 3.05) is 0 Å². The standard InChI is InChI=1S/C16H9IN2OS/c17-21-13-8-9-18-14-11(13)6-7-12-15(14)19-20-16(12)10-4-2-1-3-5-10/h1-9H. The molecule has 0 bridgehead atoms. The van der Waals surface area contributed by atoms with E-state index in [0.717, 1.165) is 33.1 Å². The van der Waals surface area contributed by atoms with Crippen molar-refractivity contribution in [2.45, 2.75) is 4.90 Å². The molecule has 2 heterocycles. The highest BCUT2D eigenvalue weighted by atomic mass is 127. The van der Waals surface area contributed by atoms with Gasteiger partial charge in [-0.2, -0.15) is 0 Å². The SMILES string of the molecule is ISc1ccnc2c1ccc1c(-c3ccccc3)onc12. The number of aromatic nitrogens is 2. The van der Waals surface area contributed by atoms with Crippen LogP contribution in [0.4, 0.5) is 0 Å². The van der Waals surface area contributed by atoms with E-state index in [2.05, 4.69) is 43.5 Å². The van der Waals surface area contributed by atoms with Gasteiger partial charge in [0.25, 0.3) is 0 Å². The van der Waals surface area contributed by atoms with Gasteiger partial charge in [0.1, 0.15) is 11.0 Å². The number of halogens is 1. The minimum atomic E-state index is 0.793. The highest BCUT2D eigenvalue weighted by Gasteiger charge is 2.14. The van der Waals surface area contributed by atoms with Gasteiger partial charge in [0, 0.05) is 43.2 Å². The molecule has 0 radical (unpaired) electrons. The molecule has 0 unspecified atom stereocenters. The second-order valence-electron chi connectivity index (χ2n) is 4.62. The van der Waals surface area contributed by atoms with E-state index in [0.29, 0.717) is 0 Å². The average molecular weight is 404 g/mol. The van der Waals surface area contributed by atoms with Crippen LogP contribution in [-0.4, -0.2) is 10.1 Å². The number of hydrogen-bond donors (Lipinski definition) is 0. The van der Waals surface area contributed by atoms with Gasteiger partial charge in [-0.05, 0) is 12.1 Å². The third-order valence-electron chi connectivity index (χ3n) is 3.44. The van der Waals surface area contributed by atoms with E-state index in [4.69, 9.17) is 4.52 Å². The molecular formula is C16H9IN2OS. The summed E-state index contributed by atoms with van der Waals surface area (Å²) in [6.45, 7) is 0. The molecule has 2 aromatic heterocycles. The molecule has 21 heavy (non-hydrogen) atoms. The number of pyridine rings is 1. The Bertz CT molecular complexity index is 937. The average Bonchev–Trinajstić information content (AvgIpc) is 2.99. The first-order valence-corrected chi connectivity index (χ1v) is 9.75. The topological polar surface area (TPSA) is 38.9 Å². The second kappa shape index (κ2) is 5.31. The molecule has 0 atom stereocenters. The molecule has 102 valence electrons. The van der Waals surface area contributed by atoms with Crippen molar-refractivity contribution in [3.05, 3.63) is 54.7 Å². The molecule has 0 aliphatic heterocycles. The molecule has 0 saturated carbocycles. The highest BCUT2D eigenvalue weighted by molar-refractivity contribution is 14.2. The van der Waals surface area contributed by atoms with Gasteiger partial charge in [-0.15, -0.1) is 0 Å². The number of hydrogen-bond acceptors (Lipinski definition) is 4. The molecule has 0 amide bonds. The molecule has 0 aliphatic rings. The first kappa shape index (κ1) is 13.1. The van der Waals surface area contributed by atoms with Crippen molar-refractivity contribution in [1.29, 1.82) is 0 Å². The Balaban J connectivity index is 2.05. The van der Waals surface area contributed by atoms with E-state index >= 15 is 0 Å². The summed E-state index contributed by atoms with van der Waals surface area (Å²) in [6.07, 6.45) is 1.82. The fraction of sp³-hybridized carbons (Fsp3) is 0. The molecule has 0 saturated heterocycles. The quantitative estimate of drug-likeness (QED) is 0.415. The van der Waals surface area contributed by atoms with Crippen LogP contribution in [0.15, 0.2) is 64.1 Å². The third-order valence-corrected chi connectivity index (χ3v) is 5.38. The van der Waals surface area contributed by atoms with Crippen molar-refractivity contribution in [3.8, 4) is 11.3 Å². The van der Waals surface area contributed by atoms with Gasteiger partial charge in [0.2, 0.25) is 0 Å². The summed E-state index contributed by atoms with van der Waals surface area (Å²) in [6, 6.07) is 16.2. The van der Waals surface area contributed by atoms with E-state index < -0.39 is 0 Å². The van der Waals surface area contributed by atoms with E-state index in [-0.39, 0.29) is 0 Å². The van der Waals surface area contributed by atoms with Gasteiger partial charge in [0.05, 0.1) is 5.39 Å². The lowest BCUT2D eigenvalue weighted by Gasteiger charge is -2.02. The summed E-state index contributed by atoms with van der Waals surface area (Å²) in [7, 11) is 1.68. The van der Waals surface area contributed by atoms with Gasteiger partial charge in [-0.3, -0.25) is 4.98 Å². The van der Waals surface area contributed by atoms with E-state index in [1.807, 2.05) is 42.6 Å². The molecular weight excluding hydrogens is 395 g/mol. The van der Waals surface area contributed by atoms with Gasteiger partial charge in [-0.25, -0.2) is 0 Å². The Morgan fingerprint density at radius 3 is 2.52 bits per heavy atom. The van der Waals surface area contributed by atoms with Crippen molar-refractivity contribution >= 4 is 51.9 Å². The molecule has 4 rings (SSSR count). The van der Waals surface area contributed by atoms with Gasteiger partial charge >= 0.3 is 0 Å². The molecule has 2 aromatic carbocycles. The van der Waals surface area contributed by atoms with Crippen molar-refractivity contribution in [2.24, 2.45) is 0 Å². The maximum absolute atomic E-state index is 5.58. The van der Waals surface area contributed by atoms with Crippen molar-refractivity contribution in [3.63, 3.8) is 0 Å². The zero-order valence-corrected chi connectivity index (χ0v) is 13.8. The molecule has 0 N–H and O–H groups in total. The molecule has 0 fully saturated rings. The Kier molecular flexibility index (Phi) is 3.31. The van der Waals surface area contributed by atoms with Gasteiger partial charge in [0.15, 0.2) is 5.76 Å². The zero-order chi connectivity index (χ0) is 14.2. The van der Waals surface area contributed by atoms with Gasteiger partial charge in [-0.1, -0.05) is 50.5 Å². The lowest BCUT2D eigenvalue weighted by molar-refractivity contribution is 0.441. The molecule has 0 spiro atoms. The maximum Gasteiger partial charge on any atom is 0.174 e. The second-order valence-corrected chi connectivity index (χ2v) is 6.54. The van der Waals surface area contributed by atoms with Crippen LogP contribution in [0, 0.1) is 0 Å². The molecule has 4 aromatic rings. The van der Waals surface area contributed by atoms with Crippen molar-refractivity contribution < 1.29 is 4.52 Å². The van der Waals surface area contributed by atoms with Crippen LogP contribution in [-0.2, 0) is 0 Å². The monoisotopic (exact) mass is 404 g/mol. The number of nitrogens with zero attached hydrogens (tertiary/aromatic N) is 2. The fourth-order valence-electron chi connectivity index (χ4n) is 2.46. The van der Waals surface area contributed by atoms with E-state index in [9.17, 15) is 0 Å². The third kappa shape index (κ3) is 2.11. The highest BCUT2D eigenvalue weighted by Crippen LogP contribution is 2.36. The summed E-state index contributed by atoms with van der Waals surface area (Å²) < 4.78 is 5.58. The fourth-order valence-corrected chi connectivity index (χ4v) is 3.97. The lowest BCUT2D eigenvalue weighted by Crippen LogP contribution is -1.83. The summed E-state index contributed by atoms with van der Waals surface area (Å²) in [5.41, 5.74) is 2.73. The smallest absolute Gasteiger partial charge is 0.174 e. The van der Waals surface area contributed by atoms with Crippen LogP contribution in [0.1, 0.15) is 0 Å². The van der Waals surface area contributed by atoms with E-state index in [1.54, 1.807) is 8.93 Å². The lowest BCUT2D eigenvalue weighted by atomic mass is 10.1. The molecule has 5 heteroatoms. The Morgan fingerprint density at radius 1 is 0.905 bits per heavy atom. The summed E-state index contributed by atoms with van der Waals surface area (Å²) in [5.74, 6) is 0.793. The van der Waals surface area contributed by atoms with Crippen LogP contribution in [0.25, 0.3) is 33.1 Å². The summed E-state index contributed by atoms with van der Waals surface area (Å²) in [5, 5.41) is 6.36. The normalized spacial score (nSPS) is 11.3. The summed E-state index contributed by atoms with van der Waals surface area (Å²) >= 11 is 2.28. The molecule has 3 nitrogen and oxygen atoms in total. The van der Waals surface area contributed by atoms with Crippen LogP contribution in [0.3, 0.4) is 0 Å². The van der Waals surface area contributed by atoms with Crippen LogP contribution >= 0.6 is 30.1 Å². The number of rotatable bonds is 2. The number of benzene rings is 2. The predicted molar refractivity (Wildman–Crippen MR) is 94.6 cm³/mol. The van der Waals surface area contributed by atoms with Crippen LogP contribution in [0.2, 0.25) is 0 Å². The van der Waals surface area contributed by atoms with Crippen LogP contribution < -0.4 is 0 Å². The minimum Gasteiger partial charge on any atom is -0.355 e. The van der Waals surface area contributed by atoms with Crippen molar-refractivity contribution in [1.82, 2.24) is 10.1 Å². The Hall–Kier alpha value is -1.60. The summed E-state index contributed by atoms with van der Waals surface area (Å²) in [4.78, 5) is 5.67. The largest absolute Gasteiger partial charge is 0.355 e. The zero-order valence-electron chi connectivity index (χ0n) is 10.8. The van der Waals surface area contributed by atoms with E-state index in [1.165, 1.54) is 4.90 Å². The van der Waals surface area contributed by atoms with Crippen LogP contribution in [0.5, 0.6) is 0 Å². The maximum atomic E-state index is 5.58. The van der Waals surface area contributed by atoms with Gasteiger partial charge < -0.3 is 4.52 Å². The molecule has 0 aliphatic carbocycles. The first-order chi connectivity index (χ1) is 10.4. The predicted octanol–water partition coefficient (Wildman–Crippen LogP) is 5.49. The number of fused-ring (bicyclic) bond motifs is 3.